The van der Waals surface area contributed by atoms with E-state index in [-0.39, 0.29) is 11.8 Å². The molecule has 1 aliphatic heterocycles. The number of halogens is 1. The maximum Gasteiger partial charge on any atom is 0.220 e. The lowest BCUT2D eigenvalue weighted by Crippen LogP contribution is -2.13. The van der Waals surface area contributed by atoms with Gasteiger partial charge in [0.2, 0.25) is 5.91 Å². The Morgan fingerprint density at radius 2 is 2.00 bits per heavy atom. The lowest BCUT2D eigenvalue weighted by atomic mass is 9.93. The Morgan fingerprint density at radius 3 is 2.62 bits per heavy atom. The Hall–Kier alpha value is -2.00. The predicted octanol–water partition coefficient (Wildman–Crippen LogP) is 3.62. The van der Waals surface area contributed by atoms with Gasteiger partial charge in [-0.1, -0.05) is 41.9 Å². The lowest BCUT2D eigenvalue weighted by Gasteiger charge is -2.15. The highest BCUT2D eigenvalue weighted by molar-refractivity contribution is 6.32. The summed E-state index contributed by atoms with van der Waals surface area (Å²) in [5.41, 5.74) is 3.08. The van der Waals surface area contributed by atoms with Crippen LogP contribution in [0.1, 0.15) is 17.9 Å². The molecule has 1 N–H and O–H groups in total. The van der Waals surface area contributed by atoms with Crippen LogP contribution in [0.15, 0.2) is 42.5 Å². The number of carbonyl (C=O) groups is 1. The summed E-state index contributed by atoms with van der Waals surface area (Å²) < 4.78 is 5.45. The molecule has 1 heterocycles. The van der Waals surface area contributed by atoms with Gasteiger partial charge in [0.25, 0.3) is 0 Å². The minimum atomic E-state index is 0.0909. The third-order valence-corrected chi connectivity index (χ3v) is 4.08. The topological polar surface area (TPSA) is 38.3 Å². The molecule has 1 aliphatic rings. The number of ether oxygens (including phenoxy) is 1. The number of amides is 1. The molecule has 0 aromatic heterocycles. The molecule has 3 nitrogen and oxygen atoms in total. The molecule has 0 aliphatic carbocycles. The predicted molar refractivity (Wildman–Crippen MR) is 83.8 cm³/mol. The second-order valence-electron chi connectivity index (χ2n) is 5.15. The van der Waals surface area contributed by atoms with Crippen molar-refractivity contribution in [3.8, 4) is 16.9 Å². The van der Waals surface area contributed by atoms with Crippen molar-refractivity contribution >= 4 is 17.5 Å². The zero-order chi connectivity index (χ0) is 14.8. The molecule has 1 amide bonds. The SMILES string of the molecule is COc1c(Cl)cc(C2CNC(=O)C2)cc1-c1ccccc1. The molecule has 1 unspecified atom stereocenters. The molecule has 3 rings (SSSR count). The summed E-state index contributed by atoms with van der Waals surface area (Å²) in [6.07, 6.45) is 0.511. The van der Waals surface area contributed by atoms with Crippen molar-refractivity contribution in [1.82, 2.24) is 5.32 Å². The van der Waals surface area contributed by atoms with Gasteiger partial charge in [-0.2, -0.15) is 0 Å². The standard InChI is InChI=1S/C17H16ClNO2/c1-21-17-14(11-5-3-2-4-6-11)7-12(8-15(17)18)13-9-16(20)19-10-13/h2-8,13H,9-10H2,1H3,(H,19,20). The van der Waals surface area contributed by atoms with Gasteiger partial charge in [0.05, 0.1) is 12.1 Å². The molecule has 2 aromatic rings. The van der Waals surface area contributed by atoms with Crippen LogP contribution in [0.25, 0.3) is 11.1 Å². The van der Waals surface area contributed by atoms with Crippen molar-refractivity contribution in [2.75, 3.05) is 13.7 Å². The summed E-state index contributed by atoms with van der Waals surface area (Å²) in [6.45, 7) is 0.662. The zero-order valence-electron chi connectivity index (χ0n) is 11.7. The minimum absolute atomic E-state index is 0.0909. The average Bonchev–Trinajstić information content (AvgIpc) is 2.94. The van der Waals surface area contributed by atoms with E-state index < -0.39 is 0 Å². The van der Waals surface area contributed by atoms with Crippen LogP contribution in [0, 0.1) is 0 Å². The summed E-state index contributed by atoms with van der Waals surface area (Å²) >= 11 is 6.37. The first-order chi connectivity index (χ1) is 10.2. The maximum absolute atomic E-state index is 11.4. The summed E-state index contributed by atoms with van der Waals surface area (Å²) in [5.74, 6) is 0.931. The Bertz CT molecular complexity index is 670. The number of methoxy groups -OCH3 is 1. The fraction of sp³-hybridized carbons (Fsp3) is 0.235. The van der Waals surface area contributed by atoms with E-state index in [1.165, 1.54) is 0 Å². The van der Waals surface area contributed by atoms with E-state index in [9.17, 15) is 4.79 Å². The van der Waals surface area contributed by atoms with Crippen LogP contribution in [0.2, 0.25) is 5.02 Å². The van der Waals surface area contributed by atoms with Crippen molar-refractivity contribution < 1.29 is 9.53 Å². The first-order valence-corrected chi connectivity index (χ1v) is 7.26. The monoisotopic (exact) mass is 301 g/mol. The second kappa shape index (κ2) is 5.78. The van der Waals surface area contributed by atoms with Crippen molar-refractivity contribution in [2.24, 2.45) is 0 Å². The molecular formula is C17H16ClNO2. The van der Waals surface area contributed by atoms with Gasteiger partial charge in [0.1, 0.15) is 5.75 Å². The van der Waals surface area contributed by atoms with Crippen molar-refractivity contribution in [3.05, 3.63) is 53.1 Å². The molecule has 2 aromatic carbocycles. The van der Waals surface area contributed by atoms with Crippen LogP contribution < -0.4 is 10.1 Å². The van der Waals surface area contributed by atoms with Crippen LogP contribution in [-0.2, 0) is 4.79 Å². The quantitative estimate of drug-likeness (QED) is 0.940. The molecule has 108 valence electrons. The van der Waals surface area contributed by atoms with E-state index in [1.54, 1.807) is 7.11 Å². The van der Waals surface area contributed by atoms with Crippen LogP contribution in [-0.4, -0.2) is 19.6 Å². The fourth-order valence-electron chi connectivity index (χ4n) is 2.73. The highest BCUT2D eigenvalue weighted by Crippen LogP contribution is 2.40. The van der Waals surface area contributed by atoms with Crippen LogP contribution in [0.3, 0.4) is 0 Å². The molecule has 0 bridgehead atoms. The molecule has 4 heteroatoms. The van der Waals surface area contributed by atoms with Gasteiger partial charge < -0.3 is 10.1 Å². The van der Waals surface area contributed by atoms with Gasteiger partial charge in [-0.3, -0.25) is 4.79 Å². The molecule has 0 radical (unpaired) electrons. The smallest absolute Gasteiger partial charge is 0.220 e. The summed E-state index contributed by atoms with van der Waals surface area (Å²) in [7, 11) is 1.62. The lowest BCUT2D eigenvalue weighted by molar-refractivity contribution is -0.119. The van der Waals surface area contributed by atoms with Crippen molar-refractivity contribution in [2.45, 2.75) is 12.3 Å². The van der Waals surface area contributed by atoms with E-state index in [1.807, 2.05) is 36.4 Å². The van der Waals surface area contributed by atoms with E-state index in [2.05, 4.69) is 11.4 Å². The molecule has 21 heavy (non-hydrogen) atoms. The Balaban J connectivity index is 2.09. The van der Waals surface area contributed by atoms with Gasteiger partial charge in [0.15, 0.2) is 0 Å². The van der Waals surface area contributed by atoms with Crippen LogP contribution >= 0.6 is 11.6 Å². The molecular weight excluding hydrogens is 286 g/mol. The van der Waals surface area contributed by atoms with Gasteiger partial charge >= 0.3 is 0 Å². The van der Waals surface area contributed by atoms with Crippen molar-refractivity contribution in [3.63, 3.8) is 0 Å². The molecule has 0 saturated carbocycles. The largest absolute Gasteiger partial charge is 0.495 e. The number of rotatable bonds is 3. The summed E-state index contributed by atoms with van der Waals surface area (Å²) in [4.78, 5) is 11.4. The van der Waals surface area contributed by atoms with E-state index in [4.69, 9.17) is 16.3 Å². The van der Waals surface area contributed by atoms with Gasteiger partial charge in [-0.15, -0.1) is 0 Å². The van der Waals surface area contributed by atoms with Gasteiger partial charge in [-0.25, -0.2) is 0 Å². The number of nitrogens with one attached hydrogen (secondary N) is 1. The van der Waals surface area contributed by atoms with E-state index in [0.29, 0.717) is 23.7 Å². The van der Waals surface area contributed by atoms with Gasteiger partial charge in [-0.05, 0) is 23.3 Å². The zero-order valence-corrected chi connectivity index (χ0v) is 12.5. The highest BCUT2D eigenvalue weighted by Gasteiger charge is 2.25. The summed E-state index contributed by atoms with van der Waals surface area (Å²) in [5, 5.41) is 3.44. The Kier molecular flexibility index (Phi) is 3.84. The number of carbonyl (C=O) groups excluding carboxylic acids is 1. The normalized spacial score (nSPS) is 17.6. The third kappa shape index (κ3) is 2.74. The molecule has 1 saturated heterocycles. The maximum atomic E-state index is 11.4. The number of hydrogen-bond acceptors (Lipinski definition) is 2. The third-order valence-electron chi connectivity index (χ3n) is 3.80. The first kappa shape index (κ1) is 14.0. The molecule has 1 fully saturated rings. The summed E-state index contributed by atoms with van der Waals surface area (Å²) in [6, 6.07) is 14.0. The van der Waals surface area contributed by atoms with Gasteiger partial charge in [0, 0.05) is 24.4 Å². The van der Waals surface area contributed by atoms with Crippen LogP contribution in [0.5, 0.6) is 5.75 Å². The van der Waals surface area contributed by atoms with Crippen LogP contribution in [0.4, 0.5) is 0 Å². The first-order valence-electron chi connectivity index (χ1n) is 6.88. The highest BCUT2D eigenvalue weighted by atomic mass is 35.5. The average molecular weight is 302 g/mol. The fourth-order valence-corrected chi connectivity index (χ4v) is 3.04. The Labute approximate surface area is 128 Å². The van der Waals surface area contributed by atoms with Crippen molar-refractivity contribution in [1.29, 1.82) is 0 Å². The second-order valence-corrected chi connectivity index (χ2v) is 5.56. The Morgan fingerprint density at radius 1 is 1.24 bits per heavy atom. The number of hydrogen-bond donors (Lipinski definition) is 1. The minimum Gasteiger partial charge on any atom is -0.495 e. The molecule has 1 atom stereocenters. The van der Waals surface area contributed by atoms with E-state index >= 15 is 0 Å². The van der Waals surface area contributed by atoms with E-state index in [0.717, 1.165) is 16.7 Å². The molecule has 0 spiro atoms. The number of benzene rings is 2.